The maximum absolute atomic E-state index is 5.74. The Kier molecular flexibility index (Phi) is 2.84. The molecule has 1 aliphatic heterocycles. The van der Waals surface area contributed by atoms with Crippen LogP contribution >= 0.6 is 11.6 Å². The summed E-state index contributed by atoms with van der Waals surface area (Å²) in [5.74, 6) is 0.915. The first kappa shape index (κ1) is 9.68. The van der Waals surface area contributed by atoms with Crippen molar-refractivity contribution in [2.24, 2.45) is 0 Å². The first-order valence-electron chi connectivity index (χ1n) is 4.72. The van der Waals surface area contributed by atoms with Crippen molar-refractivity contribution in [1.82, 2.24) is 15.3 Å². The van der Waals surface area contributed by atoms with Gasteiger partial charge in [-0.3, -0.25) is 0 Å². The van der Waals surface area contributed by atoms with E-state index in [0.29, 0.717) is 11.3 Å². The van der Waals surface area contributed by atoms with Crippen molar-refractivity contribution in [1.29, 1.82) is 0 Å². The van der Waals surface area contributed by atoms with Crippen LogP contribution in [-0.4, -0.2) is 35.6 Å². The minimum absolute atomic E-state index is 0.314. The summed E-state index contributed by atoms with van der Waals surface area (Å²) in [6, 6.07) is 2.39. The molecule has 1 aromatic rings. The van der Waals surface area contributed by atoms with E-state index in [1.807, 2.05) is 6.07 Å². The zero-order valence-electron chi connectivity index (χ0n) is 8.07. The molecule has 0 amide bonds. The number of piperazine rings is 1. The van der Waals surface area contributed by atoms with Gasteiger partial charge in [-0.15, -0.1) is 0 Å². The standard InChI is InChI=1S/C9H13ClN4/c1-7-6-14(5-4-11-7)8-2-3-12-9(10)13-8/h2-3,7,11H,4-6H2,1H3/t7-/m1/s1. The molecule has 1 fully saturated rings. The second kappa shape index (κ2) is 4.11. The Hall–Kier alpha value is -0.870. The summed E-state index contributed by atoms with van der Waals surface area (Å²) in [6.45, 7) is 5.09. The van der Waals surface area contributed by atoms with Gasteiger partial charge in [0.2, 0.25) is 5.28 Å². The molecule has 0 spiro atoms. The highest BCUT2D eigenvalue weighted by Gasteiger charge is 2.16. The van der Waals surface area contributed by atoms with Gasteiger partial charge in [0.15, 0.2) is 0 Å². The second-order valence-electron chi connectivity index (χ2n) is 3.49. The molecule has 0 saturated carbocycles. The molecule has 0 unspecified atom stereocenters. The maximum Gasteiger partial charge on any atom is 0.224 e. The summed E-state index contributed by atoms with van der Waals surface area (Å²) in [5, 5.41) is 3.69. The Morgan fingerprint density at radius 2 is 2.50 bits per heavy atom. The molecular weight excluding hydrogens is 200 g/mol. The maximum atomic E-state index is 5.74. The van der Waals surface area contributed by atoms with Crippen LogP contribution < -0.4 is 10.2 Å². The van der Waals surface area contributed by atoms with E-state index in [4.69, 9.17) is 11.6 Å². The third kappa shape index (κ3) is 2.13. The molecule has 4 nitrogen and oxygen atoms in total. The van der Waals surface area contributed by atoms with Crippen molar-refractivity contribution < 1.29 is 0 Å². The molecule has 2 rings (SSSR count). The number of rotatable bonds is 1. The van der Waals surface area contributed by atoms with Gasteiger partial charge in [-0.05, 0) is 24.6 Å². The van der Waals surface area contributed by atoms with E-state index in [1.165, 1.54) is 0 Å². The van der Waals surface area contributed by atoms with Crippen molar-refractivity contribution in [3.63, 3.8) is 0 Å². The van der Waals surface area contributed by atoms with Crippen molar-refractivity contribution in [2.75, 3.05) is 24.5 Å². The number of hydrogen-bond acceptors (Lipinski definition) is 4. The second-order valence-corrected chi connectivity index (χ2v) is 3.82. The molecule has 14 heavy (non-hydrogen) atoms. The number of anilines is 1. The molecule has 2 heterocycles. The summed E-state index contributed by atoms with van der Waals surface area (Å²) in [6.07, 6.45) is 1.69. The predicted molar refractivity (Wildman–Crippen MR) is 56.7 cm³/mol. The van der Waals surface area contributed by atoms with Crippen molar-refractivity contribution in [3.8, 4) is 0 Å². The first-order valence-corrected chi connectivity index (χ1v) is 5.10. The van der Waals surface area contributed by atoms with Crippen LogP contribution in [0.1, 0.15) is 6.92 Å². The molecular formula is C9H13ClN4. The summed E-state index contributed by atoms with van der Waals surface area (Å²) in [4.78, 5) is 10.3. The summed E-state index contributed by atoms with van der Waals surface area (Å²) in [7, 11) is 0. The highest BCUT2D eigenvalue weighted by Crippen LogP contribution is 2.13. The molecule has 0 aromatic carbocycles. The fourth-order valence-corrected chi connectivity index (χ4v) is 1.79. The van der Waals surface area contributed by atoms with Gasteiger partial charge >= 0.3 is 0 Å². The lowest BCUT2D eigenvalue weighted by Crippen LogP contribution is -2.49. The minimum Gasteiger partial charge on any atom is -0.354 e. The molecule has 1 N–H and O–H groups in total. The molecule has 1 aromatic heterocycles. The fraction of sp³-hybridized carbons (Fsp3) is 0.556. The number of halogens is 1. The van der Waals surface area contributed by atoms with Gasteiger partial charge in [0.1, 0.15) is 5.82 Å². The quantitative estimate of drug-likeness (QED) is 0.704. The highest BCUT2D eigenvalue weighted by atomic mass is 35.5. The van der Waals surface area contributed by atoms with E-state index in [9.17, 15) is 0 Å². The number of hydrogen-bond donors (Lipinski definition) is 1. The normalized spacial score (nSPS) is 22.4. The molecule has 0 aliphatic carbocycles. The average Bonchev–Trinajstić information content (AvgIpc) is 2.18. The van der Waals surface area contributed by atoms with Crippen molar-refractivity contribution in [2.45, 2.75) is 13.0 Å². The van der Waals surface area contributed by atoms with E-state index in [1.54, 1.807) is 6.20 Å². The lowest BCUT2D eigenvalue weighted by molar-refractivity contribution is 0.482. The largest absolute Gasteiger partial charge is 0.354 e. The monoisotopic (exact) mass is 212 g/mol. The smallest absolute Gasteiger partial charge is 0.224 e. The molecule has 1 saturated heterocycles. The van der Waals surface area contributed by atoms with Crippen LogP contribution in [0.4, 0.5) is 5.82 Å². The highest BCUT2D eigenvalue weighted by molar-refractivity contribution is 6.28. The van der Waals surface area contributed by atoms with E-state index < -0.39 is 0 Å². The zero-order valence-corrected chi connectivity index (χ0v) is 8.83. The summed E-state index contributed by atoms with van der Waals surface area (Å²) < 4.78 is 0. The van der Waals surface area contributed by atoms with E-state index in [-0.39, 0.29) is 0 Å². The molecule has 1 aliphatic rings. The Morgan fingerprint density at radius 3 is 3.21 bits per heavy atom. The number of aromatic nitrogens is 2. The Bertz CT molecular complexity index is 317. The molecule has 1 atom stereocenters. The minimum atomic E-state index is 0.314. The average molecular weight is 213 g/mol. The number of nitrogens with zero attached hydrogens (tertiary/aromatic N) is 3. The van der Waals surface area contributed by atoms with Crippen LogP contribution in [0.15, 0.2) is 12.3 Å². The fourth-order valence-electron chi connectivity index (χ4n) is 1.64. The van der Waals surface area contributed by atoms with Gasteiger partial charge < -0.3 is 10.2 Å². The van der Waals surface area contributed by atoms with Crippen LogP contribution in [0.3, 0.4) is 0 Å². The Morgan fingerprint density at radius 1 is 1.64 bits per heavy atom. The van der Waals surface area contributed by atoms with Gasteiger partial charge in [-0.2, -0.15) is 0 Å². The van der Waals surface area contributed by atoms with Crippen molar-refractivity contribution >= 4 is 17.4 Å². The molecule has 76 valence electrons. The van der Waals surface area contributed by atoms with E-state index in [0.717, 1.165) is 25.5 Å². The first-order chi connectivity index (χ1) is 6.75. The topological polar surface area (TPSA) is 41.1 Å². The molecule has 0 radical (unpaired) electrons. The molecule has 0 bridgehead atoms. The van der Waals surface area contributed by atoms with E-state index >= 15 is 0 Å². The predicted octanol–water partition coefficient (Wildman–Crippen LogP) is 0.928. The summed E-state index contributed by atoms with van der Waals surface area (Å²) in [5.41, 5.74) is 0. The van der Waals surface area contributed by atoms with Crippen LogP contribution in [0.5, 0.6) is 0 Å². The lowest BCUT2D eigenvalue weighted by Gasteiger charge is -2.32. The van der Waals surface area contributed by atoms with Gasteiger partial charge in [0, 0.05) is 31.9 Å². The Labute approximate surface area is 88.3 Å². The van der Waals surface area contributed by atoms with Crippen LogP contribution in [-0.2, 0) is 0 Å². The van der Waals surface area contributed by atoms with Gasteiger partial charge in [0.25, 0.3) is 0 Å². The van der Waals surface area contributed by atoms with Crippen LogP contribution in [0.2, 0.25) is 5.28 Å². The lowest BCUT2D eigenvalue weighted by atomic mass is 10.2. The third-order valence-corrected chi connectivity index (χ3v) is 2.49. The van der Waals surface area contributed by atoms with Crippen molar-refractivity contribution in [3.05, 3.63) is 17.5 Å². The van der Waals surface area contributed by atoms with Crippen LogP contribution in [0, 0.1) is 0 Å². The Balaban J connectivity index is 2.14. The van der Waals surface area contributed by atoms with E-state index in [2.05, 4.69) is 27.1 Å². The van der Waals surface area contributed by atoms with Gasteiger partial charge in [-0.25, -0.2) is 9.97 Å². The molecule has 5 heteroatoms. The van der Waals surface area contributed by atoms with Crippen LogP contribution in [0.25, 0.3) is 0 Å². The van der Waals surface area contributed by atoms with Gasteiger partial charge in [-0.1, -0.05) is 0 Å². The summed E-state index contributed by atoms with van der Waals surface area (Å²) >= 11 is 5.74. The number of nitrogens with one attached hydrogen (secondary N) is 1. The SMILES string of the molecule is C[C@@H]1CN(c2ccnc(Cl)n2)CCN1. The third-order valence-electron chi connectivity index (χ3n) is 2.30. The zero-order chi connectivity index (χ0) is 9.97. The van der Waals surface area contributed by atoms with Gasteiger partial charge in [0.05, 0.1) is 0 Å².